The van der Waals surface area contributed by atoms with Crippen molar-refractivity contribution in [1.82, 2.24) is 9.97 Å². The van der Waals surface area contributed by atoms with Crippen LogP contribution in [-0.4, -0.2) is 9.97 Å². The van der Waals surface area contributed by atoms with Crippen LogP contribution >= 0.6 is 11.6 Å². The second-order valence-corrected chi connectivity index (χ2v) is 4.87. The molecule has 0 spiro atoms. The minimum Gasteiger partial charge on any atom is -0.236 e. The molecule has 0 aliphatic heterocycles. The van der Waals surface area contributed by atoms with E-state index in [1.807, 2.05) is 32.2 Å². The Morgan fingerprint density at radius 2 is 1.76 bits per heavy atom. The topological polar surface area (TPSA) is 25.8 Å². The number of nitrogens with zero attached hydrogens (tertiary/aromatic N) is 2. The van der Waals surface area contributed by atoms with Crippen molar-refractivity contribution in [3.63, 3.8) is 0 Å². The van der Waals surface area contributed by atoms with Gasteiger partial charge in [-0.15, -0.1) is 11.6 Å². The van der Waals surface area contributed by atoms with Crippen molar-refractivity contribution >= 4 is 11.6 Å². The summed E-state index contributed by atoms with van der Waals surface area (Å²) in [6.07, 6.45) is 1.81. The van der Waals surface area contributed by atoms with Crippen LogP contribution in [0.4, 0.5) is 0 Å². The zero-order chi connectivity index (χ0) is 12.4. The molecule has 1 unspecified atom stereocenters. The van der Waals surface area contributed by atoms with Crippen molar-refractivity contribution in [2.45, 2.75) is 26.1 Å². The molecule has 0 aliphatic rings. The third-order valence-corrected chi connectivity index (χ3v) is 2.99. The predicted octanol–water partition coefficient (Wildman–Crippen LogP) is 4.06. The van der Waals surface area contributed by atoms with Crippen molar-refractivity contribution in [2.75, 3.05) is 0 Å². The number of alkyl halides is 1. The number of halogens is 1. The van der Waals surface area contributed by atoms with Crippen LogP contribution in [-0.2, 0) is 0 Å². The first-order valence-corrected chi connectivity index (χ1v) is 6.06. The van der Waals surface area contributed by atoms with Crippen molar-refractivity contribution in [1.29, 1.82) is 0 Å². The molecule has 2 aromatic rings. The molecule has 0 N–H and O–H groups in total. The van der Waals surface area contributed by atoms with E-state index in [4.69, 9.17) is 11.6 Å². The number of rotatable bonds is 2. The van der Waals surface area contributed by atoms with Gasteiger partial charge in [0.2, 0.25) is 0 Å². The van der Waals surface area contributed by atoms with E-state index in [1.165, 1.54) is 5.56 Å². The first kappa shape index (κ1) is 12.1. The third kappa shape index (κ3) is 2.64. The summed E-state index contributed by atoms with van der Waals surface area (Å²) in [5.74, 6) is 0.753. The van der Waals surface area contributed by atoms with E-state index in [0.29, 0.717) is 0 Å². The number of hydrogen-bond donors (Lipinski definition) is 0. The molecule has 0 bridgehead atoms. The van der Waals surface area contributed by atoms with Crippen LogP contribution in [0.15, 0.2) is 30.5 Å². The summed E-state index contributed by atoms with van der Waals surface area (Å²) in [6, 6.07) is 8.19. The van der Waals surface area contributed by atoms with Gasteiger partial charge in [0.25, 0.3) is 0 Å². The number of benzene rings is 1. The fourth-order valence-electron chi connectivity index (χ4n) is 1.71. The maximum atomic E-state index is 6.05. The minimum atomic E-state index is -0.0536. The monoisotopic (exact) mass is 246 g/mol. The summed E-state index contributed by atoms with van der Waals surface area (Å²) < 4.78 is 0. The first-order chi connectivity index (χ1) is 8.08. The highest BCUT2D eigenvalue weighted by Gasteiger charge is 2.09. The minimum absolute atomic E-state index is 0.0536. The number of hydrogen-bond acceptors (Lipinski definition) is 2. The van der Waals surface area contributed by atoms with E-state index >= 15 is 0 Å². The van der Waals surface area contributed by atoms with Gasteiger partial charge in [0, 0.05) is 23.0 Å². The molecule has 2 nitrogen and oxygen atoms in total. The quantitative estimate of drug-likeness (QED) is 0.747. The molecule has 0 amide bonds. The fraction of sp³-hybridized carbons (Fsp3) is 0.286. The molecule has 2 rings (SSSR count). The van der Waals surface area contributed by atoms with Crippen molar-refractivity contribution < 1.29 is 0 Å². The van der Waals surface area contributed by atoms with Crippen LogP contribution < -0.4 is 0 Å². The summed E-state index contributed by atoms with van der Waals surface area (Å²) in [6.45, 7) is 5.96. The van der Waals surface area contributed by atoms with Gasteiger partial charge in [-0.2, -0.15) is 0 Å². The summed E-state index contributed by atoms with van der Waals surface area (Å²) in [4.78, 5) is 8.86. The molecule has 0 aliphatic carbocycles. The number of aromatic nitrogens is 2. The van der Waals surface area contributed by atoms with Crippen LogP contribution in [0, 0.1) is 13.8 Å². The zero-order valence-electron chi connectivity index (χ0n) is 10.2. The zero-order valence-corrected chi connectivity index (χ0v) is 11.0. The van der Waals surface area contributed by atoms with Crippen LogP contribution in [0.25, 0.3) is 11.4 Å². The Morgan fingerprint density at radius 3 is 2.29 bits per heavy atom. The summed E-state index contributed by atoms with van der Waals surface area (Å²) in [5.41, 5.74) is 4.20. The van der Waals surface area contributed by atoms with Gasteiger partial charge < -0.3 is 0 Å². The predicted molar refractivity (Wildman–Crippen MR) is 71.2 cm³/mol. The van der Waals surface area contributed by atoms with Gasteiger partial charge in [-0.3, -0.25) is 0 Å². The van der Waals surface area contributed by atoms with Crippen molar-refractivity contribution in [2.24, 2.45) is 0 Å². The normalized spacial score (nSPS) is 12.5. The van der Waals surface area contributed by atoms with E-state index in [1.54, 1.807) is 0 Å². The van der Waals surface area contributed by atoms with Gasteiger partial charge in [-0.1, -0.05) is 29.8 Å². The van der Waals surface area contributed by atoms with E-state index in [0.717, 1.165) is 22.6 Å². The molecule has 1 atom stereocenters. The molecule has 0 saturated carbocycles. The molecule has 17 heavy (non-hydrogen) atoms. The number of aryl methyl sites for hydroxylation is 2. The molecule has 88 valence electrons. The lowest BCUT2D eigenvalue weighted by molar-refractivity contribution is 0.976. The summed E-state index contributed by atoms with van der Waals surface area (Å²) >= 11 is 6.05. The highest BCUT2D eigenvalue weighted by Crippen LogP contribution is 2.23. The smallest absolute Gasteiger partial charge is 0.159 e. The van der Waals surface area contributed by atoms with Gasteiger partial charge in [-0.05, 0) is 20.8 Å². The average molecular weight is 247 g/mol. The second-order valence-electron chi connectivity index (χ2n) is 4.22. The highest BCUT2D eigenvalue weighted by atomic mass is 35.5. The van der Waals surface area contributed by atoms with Crippen LogP contribution in [0.5, 0.6) is 0 Å². The third-order valence-electron chi connectivity index (χ3n) is 2.76. The molecular formula is C14H15ClN2. The van der Waals surface area contributed by atoms with Crippen LogP contribution in [0.2, 0.25) is 0 Å². The maximum absolute atomic E-state index is 6.05. The van der Waals surface area contributed by atoms with Crippen LogP contribution in [0.3, 0.4) is 0 Å². The summed E-state index contributed by atoms with van der Waals surface area (Å²) in [5, 5.41) is -0.0536. The van der Waals surface area contributed by atoms with E-state index in [-0.39, 0.29) is 5.38 Å². The molecule has 0 fully saturated rings. The Morgan fingerprint density at radius 1 is 1.12 bits per heavy atom. The molecule has 3 heteroatoms. The molecular weight excluding hydrogens is 232 g/mol. The van der Waals surface area contributed by atoms with Gasteiger partial charge in [0.1, 0.15) is 0 Å². The van der Waals surface area contributed by atoms with E-state index < -0.39 is 0 Å². The Bertz CT molecular complexity index is 518. The Labute approximate surface area is 107 Å². The molecule has 1 aromatic heterocycles. The standard InChI is InChI=1S/C14H15ClN2/c1-9-4-6-12(7-5-9)14-16-8-13(10(2)15)11(3)17-14/h4-8,10H,1-3H3. The lowest BCUT2D eigenvalue weighted by Gasteiger charge is -2.08. The summed E-state index contributed by atoms with van der Waals surface area (Å²) in [7, 11) is 0. The molecule has 1 heterocycles. The fourth-order valence-corrected chi connectivity index (χ4v) is 1.92. The lowest BCUT2D eigenvalue weighted by atomic mass is 10.1. The molecule has 1 aromatic carbocycles. The van der Waals surface area contributed by atoms with E-state index in [2.05, 4.69) is 29.0 Å². The SMILES string of the molecule is Cc1ccc(-c2ncc(C(C)Cl)c(C)n2)cc1. The Balaban J connectivity index is 2.41. The van der Waals surface area contributed by atoms with Crippen LogP contribution in [0.1, 0.15) is 29.1 Å². The lowest BCUT2D eigenvalue weighted by Crippen LogP contribution is -1.98. The van der Waals surface area contributed by atoms with Gasteiger partial charge in [-0.25, -0.2) is 9.97 Å². The van der Waals surface area contributed by atoms with E-state index in [9.17, 15) is 0 Å². The Hall–Kier alpha value is -1.41. The first-order valence-electron chi connectivity index (χ1n) is 5.62. The Kier molecular flexibility index (Phi) is 3.43. The van der Waals surface area contributed by atoms with Gasteiger partial charge in [0.05, 0.1) is 5.38 Å². The van der Waals surface area contributed by atoms with Gasteiger partial charge in [0.15, 0.2) is 5.82 Å². The largest absolute Gasteiger partial charge is 0.236 e. The molecule has 0 saturated heterocycles. The molecule has 0 radical (unpaired) electrons. The maximum Gasteiger partial charge on any atom is 0.159 e. The average Bonchev–Trinajstić information content (AvgIpc) is 2.29. The van der Waals surface area contributed by atoms with Crippen molar-refractivity contribution in [3.8, 4) is 11.4 Å². The second kappa shape index (κ2) is 4.84. The van der Waals surface area contributed by atoms with Gasteiger partial charge >= 0.3 is 0 Å². The van der Waals surface area contributed by atoms with Crippen molar-refractivity contribution in [3.05, 3.63) is 47.3 Å². The highest BCUT2D eigenvalue weighted by molar-refractivity contribution is 6.20.